The second-order valence-electron chi connectivity index (χ2n) is 7.65. The van der Waals surface area contributed by atoms with Gasteiger partial charge in [-0.2, -0.15) is 0 Å². The molecule has 0 bridgehead atoms. The molecule has 0 saturated carbocycles. The Morgan fingerprint density at radius 2 is 1.34 bits per heavy atom. The van der Waals surface area contributed by atoms with Gasteiger partial charge in [-0.1, -0.05) is 72.8 Å². The Morgan fingerprint density at radius 1 is 0.897 bits per heavy atom. The molecule has 0 spiro atoms. The van der Waals surface area contributed by atoms with E-state index in [4.69, 9.17) is 0 Å². The molecule has 1 aliphatic heterocycles. The van der Waals surface area contributed by atoms with Crippen LogP contribution in [-0.4, -0.2) is 41.1 Å². The summed E-state index contributed by atoms with van der Waals surface area (Å²) in [7, 11) is 1.73. The molecule has 148 valence electrons. The Labute approximate surface area is 170 Å². The first kappa shape index (κ1) is 19.1. The Bertz CT molecular complexity index is 874. The van der Waals surface area contributed by atoms with E-state index in [1.165, 1.54) is 0 Å². The van der Waals surface area contributed by atoms with E-state index in [9.17, 15) is 14.4 Å². The quantitative estimate of drug-likeness (QED) is 0.584. The topological polar surface area (TPSA) is 57.7 Å². The Morgan fingerprint density at radius 3 is 1.79 bits per heavy atom. The molecule has 2 aliphatic rings. The first-order valence-corrected chi connectivity index (χ1v) is 9.93. The van der Waals surface area contributed by atoms with Gasteiger partial charge in [-0.15, -0.1) is 0 Å². The molecule has 2 atom stereocenters. The van der Waals surface area contributed by atoms with Crippen LogP contribution in [-0.2, 0) is 14.4 Å². The van der Waals surface area contributed by atoms with E-state index < -0.39 is 0 Å². The lowest BCUT2D eigenvalue weighted by Gasteiger charge is -2.30. The van der Waals surface area contributed by atoms with Crippen LogP contribution >= 0.6 is 0 Å². The van der Waals surface area contributed by atoms with Crippen molar-refractivity contribution < 1.29 is 14.4 Å². The number of rotatable bonds is 5. The van der Waals surface area contributed by atoms with E-state index in [1.54, 1.807) is 11.9 Å². The van der Waals surface area contributed by atoms with Gasteiger partial charge in [0.15, 0.2) is 0 Å². The molecule has 0 N–H and O–H groups in total. The number of fused-ring (bicyclic) bond motifs is 1. The van der Waals surface area contributed by atoms with Gasteiger partial charge in [0.2, 0.25) is 17.7 Å². The zero-order valence-electron chi connectivity index (χ0n) is 16.4. The van der Waals surface area contributed by atoms with Crippen molar-refractivity contribution in [1.29, 1.82) is 0 Å². The van der Waals surface area contributed by atoms with E-state index in [2.05, 4.69) is 0 Å². The van der Waals surface area contributed by atoms with Crippen molar-refractivity contribution >= 4 is 17.7 Å². The van der Waals surface area contributed by atoms with Crippen molar-refractivity contribution in [2.24, 2.45) is 11.8 Å². The van der Waals surface area contributed by atoms with Crippen molar-refractivity contribution in [1.82, 2.24) is 9.80 Å². The largest absolute Gasteiger partial charge is 0.333 e. The minimum Gasteiger partial charge on any atom is -0.333 e. The average Bonchev–Trinajstić information content (AvgIpc) is 3.00. The lowest BCUT2D eigenvalue weighted by atomic mass is 9.85. The van der Waals surface area contributed by atoms with E-state index in [-0.39, 0.29) is 42.1 Å². The monoisotopic (exact) mass is 388 g/mol. The number of carbonyl (C=O) groups excluding carboxylic acids is 3. The minimum atomic E-state index is -0.315. The van der Waals surface area contributed by atoms with E-state index in [0.29, 0.717) is 12.8 Å². The molecule has 1 aliphatic carbocycles. The summed E-state index contributed by atoms with van der Waals surface area (Å²) in [5, 5.41) is 0. The summed E-state index contributed by atoms with van der Waals surface area (Å²) in [6.45, 7) is -0.211. The normalized spacial score (nSPS) is 20.8. The molecule has 0 unspecified atom stereocenters. The zero-order chi connectivity index (χ0) is 20.4. The summed E-state index contributed by atoms with van der Waals surface area (Å²) in [5.74, 6) is -1.32. The highest BCUT2D eigenvalue weighted by molar-refractivity contribution is 6.07. The number of imide groups is 1. The van der Waals surface area contributed by atoms with Gasteiger partial charge < -0.3 is 4.90 Å². The molecule has 4 rings (SSSR count). The standard InChI is InChI=1S/C24H24N2O3/c1-25(22(17-10-4-2-5-11-17)18-12-6-3-7-13-18)21(27)16-26-23(28)19-14-8-9-15-20(19)24(26)29/h2-13,19-20,22H,14-16H2,1H3/t19-,20+. The number of hydrogen-bond donors (Lipinski definition) is 0. The Balaban J connectivity index is 1.57. The van der Waals surface area contributed by atoms with Gasteiger partial charge in [0.1, 0.15) is 6.54 Å². The lowest BCUT2D eigenvalue weighted by Crippen LogP contribution is -2.43. The summed E-state index contributed by atoms with van der Waals surface area (Å²) in [5.41, 5.74) is 1.96. The fourth-order valence-corrected chi connectivity index (χ4v) is 4.33. The number of amides is 3. The zero-order valence-corrected chi connectivity index (χ0v) is 16.4. The number of likely N-dealkylation sites (tertiary alicyclic amines) is 1. The lowest BCUT2D eigenvalue weighted by molar-refractivity contribution is -0.146. The smallest absolute Gasteiger partial charge is 0.243 e. The second kappa shape index (κ2) is 8.03. The SMILES string of the molecule is CN(C(=O)CN1C(=O)[C@H]2CC=CC[C@H]2C1=O)C(c1ccccc1)c1ccccc1. The van der Waals surface area contributed by atoms with Gasteiger partial charge >= 0.3 is 0 Å². The van der Waals surface area contributed by atoms with E-state index in [1.807, 2.05) is 72.8 Å². The molecule has 2 aromatic rings. The van der Waals surface area contributed by atoms with Crippen molar-refractivity contribution in [3.8, 4) is 0 Å². The van der Waals surface area contributed by atoms with Crippen LogP contribution in [0.5, 0.6) is 0 Å². The van der Waals surface area contributed by atoms with Crippen LogP contribution in [0.3, 0.4) is 0 Å². The van der Waals surface area contributed by atoms with Crippen molar-refractivity contribution in [2.75, 3.05) is 13.6 Å². The maximum absolute atomic E-state index is 13.1. The maximum atomic E-state index is 13.1. The third-order valence-electron chi connectivity index (χ3n) is 5.90. The highest BCUT2D eigenvalue weighted by atomic mass is 16.2. The summed E-state index contributed by atoms with van der Waals surface area (Å²) >= 11 is 0. The van der Waals surface area contributed by atoms with Gasteiger partial charge in [-0.25, -0.2) is 0 Å². The third kappa shape index (κ3) is 3.60. The number of carbonyl (C=O) groups is 3. The minimum absolute atomic E-state index is 0.211. The van der Waals surface area contributed by atoms with Crippen LogP contribution < -0.4 is 0 Å². The predicted molar refractivity (Wildman–Crippen MR) is 110 cm³/mol. The molecule has 5 heteroatoms. The van der Waals surface area contributed by atoms with Crippen LogP contribution in [0.1, 0.15) is 30.0 Å². The Kier molecular flexibility index (Phi) is 5.30. The van der Waals surface area contributed by atoms with Crippen LogP contribution in [0.15, 0.2) is 72.8 Å². The van der Waals surface area contributed by atoms with Crippen molar-refractivity contribution in [2.45, 2.75) is 18.9 Å². The summed E-state index contributed by atoms with van der Waals surface area (Å²) < 4.78 is 0. The van der Waals surface area contributed by atoms with Gasteiger partial charge in [-0.3, -0.25) is 19.3 Å². The number of nitrogens with zero attached hydrogens (tertiary/aromatic N) is 2. The van der Waals surface area contributed by atoms with E-state index in [0.717, 1.165) is 16.0 Å². The molecule has 2 aromatic carbocycles. The fraction of sp³-hybridized carbons (Fsp3) is 0.292. The van der Waals surface area contributed by atoms with Crippen molar-refractivity contribution in [3.63, 3.8) is 0 Å². The van der Waals surface area contributed by atoms with Gasteiger partial charge in [0.25, 0.3) is 0 Å². The molecule has 0 radical (unpaired) electrons. The number of allylic oxidation sites excluding steroid dienone is 2. The summed E-state index contributed by atoms with van der Waals surface area (Å²) in [6.07, 6.45) is 5.05. The molecule has 1 heterocycles. The molecule has 0 aromatic heterocycles. The average molecular weight is 388 g/mol. The number of likely N-dealkylation sites (N-methyl/N-ethyl adjacent to an activating group) is 1. The van der Waals surface area contributed by atoms with Crippen LogP contribution in [0, 0.1) is 11.8 Å². The highest BCUT2D eigenvalue weighted by Crippen LogP contribution is 2.35. The molecular formula is C24H24N2O3. The fourth-order valence-electron chi connectivity index (χ4n) is 4.33. The summed E-state index contributed by atoms with van der Waals surface area (Å²) in [6, 6.07) is 19.3. The highest BCUT2D eigenvalue weighted by Gasteiger charge is 2.48. The third-order valence-corrected chi connectivity index (χ3v) is 5.90. The molecule has 3 amide bonds. The van der Waals surface area contributed by atoms with Crippen molar-refractivity contribution in [3.05, 3.63) is 83.9 Å². The first-order chi connectivity index (χ1) is 14.1. The maximum Gasteiger partial charge on any atom is 0.243 e. The van der Waals surface area contributed by atoms with Gasteiger partial charge in [0.05, 0.1) is 17.9 Å². The Hall–Kier alpha value is -3.21. The molecule has 5 nitrogen and oxygen atoms in total. The van der Waals surface area contributed by atoms with Crippen LogP contribution in [0.2, 0.25) is 0 Å². The number of benzene rings is 2. The molecular weight excluding hydrogens is 364 g/mol. The summed E-state index contributed by atoms with van der Waals surface area (Å²) in [4.78, 5) is 41.4. The first-order valence-electron chi connectivity index (χ1n) is 9.93. The predicted octanol–water partition coefficient (Wildman–Crippen LogP) is 3.19. The van der Waals surface area contributed by atoms with Gasteiger partial charge in [-0.05, 0) is 24.0 Å². The number of hydrogen-bond acceptors (Lipinski definition) is 3. The van der Waals surface area contributed by atoms with Gasteiger partial charge in [0, 0.05) is 7.05 Å². The second-order valence-corrected chi connectivity index (χ2v) is 7.65. The van der Waals surface area contributed by atoms with Crippen LogP contribution in [0.25, 0.3) is 0 Å². The molecule has 1 saturated heterocycles. The molecule has 1 fully saturated rings. The van der Waals surface area contributed by atoms with E-state index >= 15 is 0 Å². The van der Waals surface area contributed by atoms with Crippen LogP contribution in [0.4, 0.5) is 0 Å². The molecule has 29 heavy (non-hydrogen) atoms.